The fourth-order valence-electron chi connectivity index (χ4n) is 0.291. The van der Waals surface area contributed by atoms with Crippen LogP contribution in [0.2, 0.25) is 0 Å². The Morgan fingerprint density at radius 3 is 2.50 bits per heavy atom. The van der Waals surface area contributed by atoms with Gasteiger partial charge in [-0.2, -0.15) is 0 Å². The van der Waals surface area contributed by atoms with Crippen LogP contribution in [0.15, 0.2) is 0 Å². The zero-order valence-corrected chi connectivity index (χ0v) is 5.18. The molecule has 0 unspecified atom stereocenters. The van der Waals surface area contributed by atoms with Gasteiger partial charge in [-0.15, -0.1) is 0 Å². The van der Waals surface area contributed by atoms with Crippen molar-refractivity contribution in [3.8, 4) is 0 Å². The van der Waals surface area contributed by atoms with E-state index in [9.17, 15) is 4.79 Å². The van der Waals surface area contributed by atoms with Gasteiger partial charge in [0.1, 0.15) is 6.23 Å². The van der Waals surface area contributed by atoms with Crippen LogP contribution in [-0.4, -0.2) is 12.2 Å². The highest BCUT2D eigenvalue weighted by atomic mass is 16.5. The fraction of sp³-hybridized carbons (Fsp3) is 0.800. The average molecular weight is 117 g/mol. The summed E-state index contributed by atoms with van der Waals surface area (Å²) < 4.78 is 4.54. The summed E-state index contributed by atoms with van der Waals surface area (Å²) >= 11 is 0. The summed E-state index contributed by atoms with van der Waals surface area (Å²) in [6.07, 6.45) is -0.0795. The van der Waals surface area contributed by atoms with Crippen LogP contribution in [0.5, 0.6) is 0 Å². The van der Waals surface area contributed by atoms with Gasteiger partial charge in [-0.25, -0.2) is 0 Å². The van der Waals surface area contributed by atoms with E-state index in [1.807, 2.05) is 0 Å². The molecular formula is C5H11NO2. The van der Waals surface area contributed by atoms with E-state index in [-0.39, 0.29) is 5.97 Å². The molecule has 0 aliphatic rings. The van der Waals surface area contributed by atoms with Crippen molar-refractivity contribution in [3.05, 3.63) is 0 Å². The smallest absolute Gasteiger partial charge is 0.307 e. The molecule has 0 aromatic heterocycles. The molecule has 0 saturated carbocycles. The van der Waals surface area contributed by atoms with E-state index in [4.69, 9.17) is 5.73 Å². The molecule has 1 atom stereocenters. The molecule has 0 spiro atoms. The summed E-state index contributed by atoms with van der Waals surface area (Å²) in [6.45, 7) is 3.35. The number of hydrogen-bond donors (Lipinski definition) is 1. The molecule has 0 radical (unpaired) electrons. The highest BCUT2D eigenvalue weighted by molar-refractivity contribution is 5.68. The van der Waals surface area contributed by atoms with Crippen LogP contribution in [0.25, 0.3) is 0 Å². The normalized spacial score (nSPS) is 12.9. The Balaban J connectivity index is 3.25. The van der Waals surface area contributed by atoms with Gasteiger partial charge in [0.15, 0.2) is 0 Å². The number of ether oxygens (including phenoxy) is 1. The first kappa shape index (κ1) is 7.43. The minimum absolute atomic E-state index is 0.250. The van der Waals surface area contributed by atoms with E-state index >= 15 is 0 Å². The SMILES string of the molecule is CCC(=O)O[C@@H](C)N. The number of carbonyl (C=O) groups excluding carboxylic acids is 1. The lowest BCUT2D eigenvalue weighted by Crippen LogP contribution is -2.22. The second kappa shape index (κ2) is 3.43. The number of nitrogens with two attached hydrogens (primary N) is 1. The molecule has 3 nitrogen and oxygen atoms in total. The monoisotopic (exact) mass is 117 g/mol. The van der Waals surface area contributed by atoms with Gasteiger partial charge in [0.2, 0.25) is 0 Å². The molecule has 8 heavy (non-hydrogen) atoms. The van der Waals surface area contributed by atoms with Crippen molar-refractivity contribution in [2.45, 2.75) is 26.5 Å². The van der Waals surface area contributed by atoms with Crippen molar-refractivity contribution in [2.75, 3.05) is 0 Å². The molecule has 0 rings (SSSR count). The zero-order chi connectivity index (χ0) is 6.57. The maximum Gasteiger partial charge on any atom is 0.307 e. The Morgan fingerprint density at radius 1 is 1.88 bits per heavy atom. The van der Waals surface area contributed by atoms with Gasteiger partial charge < -0.3 is 4.74 Å². The third-order valence-corrected chi connectivity index (χ3v) is 0.606. The Kier molecular flexibility index (Phi) is 3.19. The molecule has 0 fully saturated rings. The molecule has 0 amide bonds. The van der Waals surface area contributed by atoms with Crippen molar-refractivity contribution in [1.29, 1.82) is 0 Å². The molecule has 0 aromatic rings. The van der Waals surface area contributed by atoms with Crippen LogP contribution >= 0.6 is 0 Å². The van der Waals surface area contributed by atoms with Gasteiger partial charge in [0.25, 0.3) is 0 Å². The number of hydrogen-bond acceptors (Lipinski definition) is 3. The quantitative estimate of drug-likeness (QED) is 0.416. The van der Waals surface area contributed by atoms with E-state index in [1.54, 1.807) is 13.8 Å². The molecule has 0 saturated heterocycles. The molecule has 2 N–H and O–H groups in total. The maximum atomic E-state index is 10.3. The Labute approximate surface area is 48.8 Å². The van der Waals surface area contributed by atoms with Crippen molar-refractivity contribution < 1.29 is 9.53 Å². The molecular weight excluding hydrogens is 106 g/mol. The molecule has 0 bridgehead atoms. The number of carbonyl (C=O) groups is 1. The van der Waals surface area contributed by atoms with E-state index in [1.165, 1.54) is 0 Å². The molecule has 3 heteroatoms. The molecule has 0 aliphatic heterocycles. The highest BCUT2D eigenvalue weighted by Gasteiger charge is 1.99. The van der Waals surface area contributed by atoms with E-state index in [0.29, 0.717) is 6.42 Å². The molecule has 0 aliphatic carbocycles. The van der Waals surface area contributed by atoms with E-state index in [2.05, 4.69) is 4.74 Å². The van der Waals surface area contributed by atoms with Gasteiger partial charge in [0.05, 0.1) is 0 Å². The van der Waals surface area contributed by atoms with E-state index < -0.39 is 6.23 Å². The van der Waals surface area contributed by atoms with Crippen molar-refractivity contribution in [2.24, 2.45) is 5.73 Å². The molecule has 48 valence electrons. The lowest BCUT2D eigenvalue weighted by Gasteiger charge is -2.04. The van der Waals surface area contributed by atoms with Crippen LogP contribution in [0.3, 0.4) is 0 Å². The van der Waals surface area contributed by atoms with Crippen LogP contribution in [0.1, 0.15) is 20.3 Å². The lowest BCUT2D eigenvalue weighted by molar-refractivity contribution is -0.147. The van der Waals surface area contributed by atoms with Gasteiger partial charge in [-0.3, -0.25) is 10.5 Å². The summed E-state index contributed by atoms with van der Waals surface area (Å²) in [5, 5.41) is 0. The van der Waals surface area contributed by atoms with Gasteiger partial charge in [-0.1, -0.05) is 6.92 Å². The third-order valence-electron chi connectivity index (χ3n) is 0.606. The maximum absolute atomic E-state index is 10.3. The topological polar surface area (TPSA) is 52.3 Å². The lowest BCUT2D eigenvalue weighted by atomic mass is 10.5. The predicted molar refractivity (Wildman–Crippen MR) is 30.0 cm³/mol. The number of esters is 1. The first-order chi connectivity index (χ1) is 3.66. The fourth-order valence-corrected chi connectivity index (χ4v) is 0.291. The second-order valence-corrected chi connectivity index (χ2v) is 1.55. The average Bonchev–Trinajstić information content (AvgIpc) is 1.65. The Morgan fingerprint density at radius 2 is 2.38 bits per heavy atom. The van der Waals surface area contributed by atoms with Gasteiger partial charge >= 0.3 is 5.97 Å². The highest BCUT2D eigenvalue weighted by Crippen LogP contribution is 1.85. The zero-order valence-electron chi connectivity index (χ0n) is 5.18. The van der Waals surface area contributed by atoms with Crippen LogP contribution in [-0.2, 0) is 9.53 Å². The first-order valence-electron chi connectivity index (χ1n) is 2.62. The van der Waals surface area contributed by atoms with Crippen LogP contribution in [0.4, 0.5) is 0 Å². The third kappa shape index (κ3) is 3.61. The van der Waals surface area contributed by atoms with Crippen molar-refractivity contribution in [1.82, 2.24) is 0 Å². The largest absolute Gasteiger partial charge is 0.447 e. The molecule has 0 aromatic carbocycles. The van der Waals surface area contributed by atoms with Crippen molar-refractivity contribution in [3.63, 3.8) is 0 Å². The Hall–Kier alpha value is -0.570. The second-order valence-electron chi connectivity index (χ2n) is 1.55. The Bertz CT molecular complexity index is 80.5. The first-order valence-corrected chi connectivity index (χ1v) is 2.62. The summed E-state index contributed by atoms with van der Waals surface area (Å²) in [4.78, 5) is 10.3. The van der Waals surface area contributed by atoms with Crippen LogP contribution in [0, 0.1) is 0 Å². The summed E-state index contributed by atoms with van der Waals surface area (Å²) in [5.74, 6) is -0.250. The summed E-state index contributed by atoms with van der Waals surface area (Å²) in [5.41, 5.74) is 5.13. The summed E-state index contributed by atoms with van der Waals surface area (Å²) in [6, 6.07) is 0. The predicted octanol–water partition coefficient (Wildman–Crippen LogP) is 0.244. The standard InChI is InChI=1S/C5H11NO2/c1-3-5(7)8-4(2)6/h4H,3,6H2,1-2H3/t4-/m0/s1. The van der Waals surface area contributed by atoms with Crippen LogP contribution < -0.4 is 5.73 Å². The van der Waals surface area contributed by atoms with Gasteiger partial charge in [-0.05, 0) is 6.92 Å². The minimum Gasteiger partial charge on any atom is -0.447 e. The van der Waals surface area contributed by atoms with Crippen molar-refractivity contribution >= 4 is 5.97 Å². The molecule has 0 heterocycles. The summed E-state index contributed by atoms with van der Waals surface area (Å²) in [7, 11) is 0. The van der Waals surface area contributed by atoms with E-state index in [0.717, 1.165) is 0 Å². The van der Waals surface area contributed by atoms with Gasteiger partial charge in [0, 0.05) is 6.42 Å². The minimum atomic E-state index is -0.470. The number of rotatable bonds is 2.